The molecular weight excluding hydrogens is 354 g/mol. The van der Waals surface area contributed by atoms with Gasteiger partial charge in [-0.2, -0.15) is 0 Å². The van der Waals surface area contributed by atoms with Crippen molar-refractivity contribution < 1.29 is 14.2 Å². The van der Waals surface area contributed by atoms with E-state index in [1.54, 1.807) is 14.2 Å². The Morgan fingerprint density at radius 1 is 0.929 bits per heavy atom. The quantitative estimate of drug-likeness (QED) is 0.482. The van der Waals surface area contributed by atoms with Crippen molar-refractivity contribution in [2.45, 2.75) is 33.4 Å². The van der Waals surface area contributed by atoms with Crippen molar-refractivity contribution in [1.82, 2.24) is 10.6 Å². The van der Waals surface area contributed by atoms with Crippen molar-refractivity contribution in [3.8, 4) is 17.2 Å². The van der Waals surface area contributed by atoms with Crippen LogP contribution in [0.3, 0.4) is 0 Å². The summed E-state index contributed by atoms with van der Waals surface area (Å²) in [4.78, 5) is 4.66. The number of aliphatic imine (C=N–C) groups is 1. The van der Waals surface area contributed by atoms with E-state index >= 15 is 0 Å². The van der Waals surface area contributed by atoms with Gasteiger partial charge in [0.25, 0.3) is 0 Å². The number of nitrogens with zero attached hydrogens (tertiary/aromatic N) is 1. The zero-order valence-electron chi connectivity index (χ0n) is 17.2. The van der Waals surface area contributed by atoms with E-state index in [9.17, 15) is 0 Å². The molecule has 0 bridgehead atoms. The Balaban J connectivity index is 2.01. The van der Waals surface area contributed by atoms with Gasteiger partial charge in [0.1, 0.15) is 5.75 Å². The van der Waals surface area contributed by atoms with Gasteiger partial charge in [0.15, 0.2) is 17.5 Å². The van der Waals surface area contributed by atoms with Crippen LogP contribution in [0.15, 0.2) is 47.5 Å². The lowest BCUT2D eigenvalue weighted by Gasteiger charge is -2.14. The Morgan fingerprint density at radius 3 is 2.50 bits per heavy atom. The summed E-state index contributed by atoms with van der Waals surface area (Å²) >= 11 is 0. The first-order valence-electron chi connectivity index (χ1n) is 9.65. The van der Waals surface area contributed by atoms with Crippen molar-refractivity contribution >= 4 is 5.96 Å². The van der Waals surface area contributed by atoms with Crippen LogP contribution in [-0.2, 0) is 13.1 Å². The molecule has 0 heterocycles. The summed E-state index contributed by atoms with van der Waals surface area (Å²) in [7, 11) is 3.33. The highest BCUT2D eigenvalue weighted by molar-refractivity contribution is 5.79. The number of hydrogen-bond donors (Lipinski definition) is 2. The van der Waals surface area contributed by atoms with Crippen LogP contribution in [0, 0.1) is 0 Å². The van der Waals surface area contributed by atoms with Gasteiger partial charge in [-0.05, 0) is 48.7 Å². The van der Waals surface area contributed by atoms with Gasteiger partial charge in [0.05, 0.1) is 27.4 Å². The SMILES string of the molecule is CCCOc1ccc(CNC(=NCc2cccc(OC)c2)NCC)cc1OC. The summed E-state index contributed by atoms with van der Waals surface area (Å²) < 4.78 is 16.4. The molecule has 6 nitrogen and oxygen atoms in total. The van der Waals surface area contributed by atoms with Gasteiger partial charge >= 0.3 is 0 Å². The number of ether oxygens (including phenoxy) is 3. The van der Waals surface area contributed by atoms with Crippen LogP contribution in [0.5, 0.6) is 17.2 Å². The van der Waals surface area contributed by atoms with Crippen LogP contribution in [-0.4, -0.2) is 33.3 Å². The molecule has 0 aliphatic heterocycles. The maximum atomic E-state index is 5.71. The first-order chi connectivity index (χ1) is 13.7. The van der Waals surface area contributed by atoms with Gasteiger partial charge in [-0.1, -0.05) is 25.1 Å². The molecule has 2 aromatic carbocycles. The van der Waals surface area contributed by atoms with Crippen LogP contribution in [0.2, 0.25) is 0 Å². The minimum atomic E-state index is 0.569. The molecule has 0 unspecified atom stereocenters. The van der Waals surface area contributed by atoms with Gasteiger partial charge in [-0.3, -0.25) is 0 Å². The van der Waals surface area contributed by atoms with E-state index in [-0.39, 0.29) is 0 Å². The molecule has 28 heavy (non-hydrogen) atoms. The predicted molar refractivity (Wildman–Crippen MR) is 113 cm³/mol. The monoisotopic (exact) mass is 385 g/mol. The Labute approximate surface area is 167 Å². The second kappa shape index (κ2) is 11.7. The third kappa shape index (κ3) is 6.68. The largest absolute Gasteiger partial charge is 0.497 e. The number of guanidine groups is 1. The topological polar surface area (TPSA) is 64.1 Å². The van der Waals surface area contributed by atoms with Crippen LogP contribution in [0.1, 0.15) is 31.4 Å². The molecule has 2 aromatic rings. The molecule has 0 atom stereocenters. The fourth-order valence-corrected chi connectivity index (χ4v) is 2.62. The number of rotatable bonds is 10. The standard InChI is InChI=1S/C22H31N3O3/c1-5-12-28-20-11-10-18(14-21(20)27-4)16-25-22(23-6-2)24-15-17-8-7-9-19(13-17)26-3/h7-11,13-14H,5-6,12,15-16H2,1-4H3,(H2,23,24,25). The zero-order valence-corrected chi connectivity index (χ0v) is 17.2. The summed E-state index contributed by atoms with van der Waals surface area (Å²) in [6, 6.07) is 13.9. The molecule has 0 spiro atoms. The Bertz CT molecular complexity index is 762. The molecule has 152 valence electrons. The van der Waals surface area contributed by atoms with Gasteiger partial charge in [0.2, 0.25) is 0 Å². The molecule has 2 rings (SSSR count). The first-order valence-corrected chi connectivity index (χ1v) is 9.65. The molecule has 0 amide bonds. The number of hydrogen-bond acceptors (Lipinski definition) is 4. The average Bonchev–Trinajstić information content (AvgIpc) is 2.74. The zero-order chi connectivity index (χ0) is 20.2. The number of benzene rings is 2. The van der Waals surface area contributed by atoms with Crippen LogP contribution in [0.4, 0.5) is 0 Å². The Morgan fingerprint density at radius 2 is 1.79 bits per heavy atom. The van der Waals surface area contributed by atoms with Crippen molar-refractivity contribution in [2.24, 2.45) is 4.99 Å². The van der Waals surface area contributed by atoms with Gasteiger partial charge in [0, 0.05) is 13.1 Å². The minimum absolute atomic E-state index is 0.569. The molecule has 0 radical (unpaired) electrons. The highest BCUT2D eigenvalue weighted by atomic mass is 16.5. The second-order valence-electron chi connectivity index (χ2n) is 6.23. The summed E-state index contributed by atoms with van der Waals surface area (Å²) in [5, 5.41) is 6.63. The number of nitrogens with one attached hydrogen (secondary N) is 2. The molecule has 6 heteroatoms. The van der Waals surface area contributed by atoms with E-state index in [0.29, 0.717) is 19.7 Å². The summed E-state index contributed by atoms with van der Waals surface area (Å²) in [5.41, 5.74) is 2.18. The lowest BCUT2D eigenvalue weighted by molar-refractivity contribution is 0.294. The molecule has 0 saturated heterocycles. The fourth-order valence-electron chi connectivity index (χ4n) is 2.62. The molecule has 0 aliphatic rings. The highest BCUT2D eigenvalue weighted by Crippen LogP contribution is 2.28. The van der Waals surface area contributed by atoms with Crippen LogP contribution in [0.25, 0.3) is 0 Å². The fraction of sp³-hybridized carbons (Fsp3) is 0.409. The van der Waals surface area contributed by atoms with Crippen LogP contribution < -0.4 is 24.8 Å². The highest BCUT2D eigenvalue weighted by Gasteiger charge is 2.06. The van der Waals surface area contributed by atoms with Crippen LogP contribution >= 0.6 is 0 Å². The Hall–Kier alpha value is -2.89. The van der Waals surface area contributed by atoms with Gasteiger partial charge in [-0.25, -0.2) is 4.99 Å². The third-order valence-corrected chi connectivity index (χ3v) is 4.05. The first kappa shape index (κ1) is 21.4. The van der Waals surface area contributed by atoms with E-state index < -0.39 is 0 Å². The molecule has 0 aliphatic carbocycles. The Kier molecular flexibility index (Phi) is 8.98. The summed E-state index contributed by atoms with van der Waals surface area (Å²) in [5.74, 6) is 3.11. The maximum absolute atomic E-state index is 5.71. The van der Waals surface area contributed by atoms with Crippen molar-refractivity contribution in [1.29, 1.82) is 0 Å². The van der Waals surface area contributed by atoms with Crippen molar-refractivity contribution in [3.05, 3.63) is 53.6 Å². The van der Waals surface area contributed by atoms with E-state index in [0.717, 1.165) is 47.3 Å². The molecule has 0 aromatic heterocycles. The van der Waals surface area contributed by atoms with Crippen molar-refractivity contribution in [2.75, 3.05) is 27.4 Å². The summed E-state index contributed by atoms with van der Waals surface area (Å²) in [6.45, 7) is 6.80. The molecule has 2 N–H and O–H groups in total. The number of methoxy groups -OCH3 is 2. The third-order valence-electron chi connectivity index (χ3n) is 4.05. The van der Waals surface area contributed by atoms with E-state index in [4.69, 9.17) is 14.2 Å². The maximum Gasteiger partial charge on any atom is 0.191 e. The van der Waals surface area contributed by atoms with E-state index in [1.807, 2.05) is 49.4 Å². The molecular formula is C22H31N3O3. The van der Waals surface area contributed by atoms with Gasteiger partial charge < -0.3 is 24.8 Å². The molecule has 0 saturated carbocycles. The smallest absolute Gasteiger partial charge is 0.191 e. The van der Waals surface area contributed by atoms with Gasteiger partial charge in [-0.15, -0.1) is 0 Å². The predicted octanol–water partition coefficient (Wildman–Crippen LogP) is 3.75. The second-order valence-corrected chi connectivity index (χ2v) is 6.23. The lowest BCUT2D eigenvalue weighted by atomic mass is 10.2. The van der Waals surface area contributed by atoms with E-state index in [1.165, 1.54) is 0 Å². The van der Waals surface area contributed by atoms with E-state index in [2.05, 4.69) is 22.5 Å². The summed E-state index contributed by atoms with van der Waals surface area (Å²) in [6.07, 6.45) is 0.961. The minimum Gasteiger partial charge on any atom is -0.497 e. The molecule has 0 fully saturated rings. The van der Waals surface area contributed by atoms with Crippen molar-refractivity contribution in [3.63, 3.8) is 0 Å². The average molecular weight is 386 g/mol. The lowest BCUT2D eigenvalue weighted by Crippen LogP contribution is -2.36. The normalized spacial score (nSPS) is 11.1.